The highest BCUT2D eigenvalue weighted by atomic mass is 16.7. The minimum atomic E-state index is -0.900. The van der Waals surface area contributed by atoms with Gasteiger partial charge in [-0.15, -0.1) is 0 Å². The van der Waals surface area contributed by atoms with Crippen LogP contribution in [-0.4, -0.2) is 41.0 Å². The van der Waals surface area contributed by atoms with Gasteiger partial charge in [-0.25, -0.2) is 4.79 Å². The molecule has 0 spiro atoms. The van der Waals surface area contributed by atoms with Crippen molar-refractivity contribution in [3.63, 3.8) is 0 Å². The molecule has 1 fully saturated rings. The lowest BCUT2D eigenvalue weighted by Crippen LogP contribution is -2.41. The van der Waals surface area contributed by atoms with Gasteiger partial charge >= 0.3 is 13.2 Å². The molecule has 1 aliphatic heterocycles. The maximum atomic E-state index is 11.7. The molecule has 1 aliphatic rings. The third-order valence-corrected chi connectivity index (χ3v) is 5.30. The van der Waals surface area contributed by atoms with Crippen LogP contribution in [0.15, 0.2) is 24.3 Å². The lowest BCUT2D eigenvalue weighted by Gasteiger charge is -2.32. The zero-order chi connectivity index (χ0) is 19.9. The molecule has 0 aromatic heterocycles. The monoisotopic (exact) mass is 361 g/mol. The maximum Gasteiger partial charge on any atom is 0.494 e. The van der Waals surface area contributed by atoms with Crippen molar-refractivity contribution in [2.24, 2.45) is 5.41 Å². The highest BCUT2D eigenvalue weighted by Crippen LogP contribution is 2.36. The Morgan fingerprint density at radius 2 is 1.58 bits per heavy atom. The van der Waals surface area contributed by atoms with Gasteiger partial charge in [0.05, 0.1) is 17.2 Å². The minimum Gasteiger partial charge on any atom is -0.465 e. The highest BCUT2D eigenvalue weighted by molar-refractivity contribution is 6.62. The Bertz CT molecular complexity index is 633. The predicted octanol–water partition coefficient (Wildman–Crippen LogP) is 4.07. The molecule has 0 saturated carbocycles. The van der Waals surface area contributed by atoms with Gasteiger partial charge in [0.15, 0.2) is 0 Å². The fraction of sp³-hybridized carbons (Fsp3) is 0.650. The van der Waals surface area contributed by atoms with Gasteiger partial charge in [0.1, 0.15) is 0 Å². The smallest absolute Gasteiger partial charge is 0.465 e. The van der Waals surface area contributed by atoms with Crippen LogP contribution in [0.4, 0.5) is 4.79 Å². The van der Waals surface area contributed by atoms with Crippen LogP contribution in [0, 0.1) is 5.41 Å². The molecule has 26 heavy (non-hydrogen) atoms. The van der Waals surface area contributed by atoms with E-state index in [-0.39, 0.29) is 22.7 Å². The molecule has 1 saturated heterocycles. The van der Waals surface area contributed by atoms with Crippen molar-refractivity contribution in [2.75, 3.05) is 6.54 Å². The summed E-state index contributed by atoms with van der Waals surface area (Å²) < 4.78 is 12.2. The summed E-state index contributed by atoms with van der Waals surface area (Å²) in [5.41, 5.74) is 1.04. The van der Waals surface area contributed by atoms with Crippen molar-refractivity contribution in [1.82, 2.24) is 4.90 Å². The van der Waals surface area contributed by atoms with Crippen molar-refractivity contribution in [3.05, 3.63) is 29.8 Å². The summed E-state index contributed by atoms with van der Waals surface area (Å²) in [6.07, 6.45) is -0.900. The standard InChI is InChI=1S/C20H32BNO4/c1-14(22(17(23)24)13-18(2,3)4)15-9-11-16(12-10-15)21-25-19(5,6)20(7,8)26-21/h9-12,14H,13H2,1-8H3,(H,23,24)/t14-/m1/s1. The maximum absolute atomic E-state index is 11.7. The molecular formula is C20H32BNO4. The van der Waals surface area contributed by atoms with Crippen molar-refractivity contribution >= 4 is 18.7 Å². The van der Waals surface area contributed by atoms with Gasteiger partial charge < -0.3 is 19.3 Å². The van der Waals surface area contributed by atoms with E-state index in [1.807, 2.05) is 79.7 Å². The molecule has 0 unspecified atom stereocenters. The summed E-state index contributed by atoms with van der Waals surface area (Å²) in [5.74, 6) is 0. The second-order valence-electron chi connectivity index (χ2n) is 9.40. The number of hydrogen-bond donors (Lipinski definition) is 1. The van der Waals surface area contributed by atoms with Gasteiger partial charge in [-0.1, -0.05) is 45.0 Å². The van der Waals surface area contributed by atoms with E-state index in [0.717, 1.165) is 11.0 Å². The first-order chi connectivity index (χ1) is 11.7. The number of rotatable bonds is 4. The second kappa shape index (κ2) is 6.89. The van der Waals surface area contributed by atoms with E-state index >= 15 is 0 Å². The molecule has 1 heterocycles. The summed E-state index contributed by atoms with van der Waals surface area (Å²) in [6.45, 7) is 16.6. The lowest BCUT2D eigenvalue weighted by molar-refractivity contribution is 0.00578. The second-order valence-corrected chi connectivity index (χ2v) is 9.40. The first kappa shape index (κ1) is 20.8. The Morgan fingerprint density at radius 1 is 1.12 bits per heavy atom. The predicted molar refractivity (Wildman–Crippen MR) is 105 cm³/mol. The minimum absolute atomic E-state index is 0.102. The SMILES string of the molecule is C[C@H](c1ccc(B2OC(C)(C)C(C)(C)O2)cc1)N(CC(C)(C)C)C(=O)O. The Hall–Kier alpha value is -1.53. The average Bonchev–Trinajstić information content (AvgIpc) is 2.71. The van der Waals surface area contributed by atoms with Crippen LogP contribution in [0.5, 0.6) is 0 Å². The molecule has 0 aliphatic carbocycles. The molecular weight excluding hydrogens is 329 g/mol. The van der Waals surface area contributed by atoms with Crippen LogP contribution in [0.1, 0.15) is 67.0 Å². The zero-order valence-electron chi connectivity index (χ0n) is 17.3. The number of carbonyl (C=O) groups is 1. The van der Waals surface area contributed by atoms with Crippen molar-refractivity contribution in [2.45, 2.75) is 72.6 Å². The van der Waals surface area contributed by atoms with E-state index in [4.69, 9.17) is 9.31 Å². The van der Waals surface area contributed by atoms with Crippen molar-refractivity contribution in [1.29, 1.82) is 0 Å². The third-order valence-electron chi connectivity index (χ3n) is 5.30. The van der Waals surface area contributed by atoms with E-state index in [2.05, 4.69) is 0 Å². The number of carboxylic acid groups (broad SMARTS) is 1. The van der Waals surface area contributed by atoms with Crippen LogP contribution >= 0.6 is 0 Å². The Kier molecular flexibility index (Phi) is 5.51. The Labute approximate surface area is 157 Å². The summed E-state index contributed by atoms with van der Waals surface area (Å²) in [4.78, 5) is 13.2. The molecule has 2 rings (SSSR count). The third kappa shape index (κ3) is 4.41. The molecule has 1 amide bonds. The van der Waals surface area contributed by atoms with E-state index in [0.29, 0.717) is 6.54 Å². The van der Waals surface area contributed by atoms with E-state index in [1.54, 1.807) is 0 Å². The van der Waals surface area contributed by atoms with Crippen LogP contribution < -0.4 is 5.46 Å². The fourth-order valence-corrected chi connectivity index (χ4v) is 2.97. The summed E-state index contributed by atoms with van der Waals surface area (Å²) >= 11 is 0. The number of benzene rings is 1. The van der Waals surface area contributed by atoms with Gasteiger partial charge in [0, 0.05) is 6.54 Å². The lowest BCUT2D eigenvalue weighted by atomic mass is 9.78. The molecule has 6 heteroatoms. The molecule has 1 aromatic carbocycles. The van der Waals surface area contributed by atoms with Gasteiger partial charge in [0.25, 0.3) is 0 Å². The van der Waals surface area contributed by atoms with E-state index < -0.39 is 13.2 Å². The van der Waals surface area contributed by atoms with Gasteiger partial charge in [-0.05, 0) is 51.1 Å². The molecule has 0 radical (unpaired) electrons. The summed E-state index contributed by atoms with van der Waals surface area (Å²) in [6, 6.07) is 7.63. The highest BCUT2D eigenvalue weighted by Gasteiger charge is 2.51. The molecule has 144 valence electrons. The van der Waals surface area contributed by atoms with Crippen LogP contribution in [0.25, 0.3) is 0 Å². The molecule has 5 nitrogen and oxygen atoms in total. The van der Waals surface area contributed by atoms with E-state index in [1.165, 1.54) is 4.90 Å². The quantitative estimate of drug-likeness (QED) is 0.822. The van der Waals surface area contributed by atoms with Gasteiger partial charge in [-0.3, -0.25) is 0 Å². The Morgan fingerprint density at radius 3 is 1.96 bits per heavy atom. The fourth-order valence-electron chi connectivity index (χ4n) is 2.97. The van der Waals surface area contributed by atoms with E-state index in [9.17, 15) is 9.90 Å². The topological polar surface area (TPSA) is 59.0 Å². The molecule has 1 atom stereocenters. The van der Waals surface area contributed by atoms with Crippen molar-refractivity contribution in [3.8, 4) is 0 Å². The van der Waals surface area contributed by atoms with Crippen molar-refractivity contribution < 1.29 is 19.2 Å². The molecule has 0 bridgehead atoms. The molecule has 1 aromatic rings. The van der Waals surface area contributed by atoms with Gasteiger partial charge in [0.2, 0.25) is 0 Å². The summed E-state index contributed by atoms with van der Waals surface area (Å²) in [7, 11) is -0.408. The molecule has 1 N–H and O–H groups in total. The normalized spacial score (nSPS) is 20.1. The number of nitrogens with zero attached hydrogens (tertiary/aromatic N) is 1. The average molecular weight is 361 g/mol. The van der Waals surface area contributed by atoms with Gasteiger partial charge in [-0.2, -0.15) is 0 Å². The first-order valence-corrected chi connectivity index (χ1v) is 9.19. The van der Waals surface area contributed by atoms with Crippen LogP contribution in [-0.2, 0) is 9.31 Å². The number of amides is 1. The number of hydrogen-bond acceptors (Lipinski definition) is 3. The zero-order valence-corrected chi connectivity index (χ0v) is 17.3. The summed E-state index contributed by atoms with van der Waals surface area (Å²) in [5, 5.41) is 9.60. The Balaban J connectivity index is 2.17. The first-order valence-electron chi connectivity index (χ1n) is 9.19. The largest absolute Gasteiger partial charge is 0.494 e. The van der Waals surface area contributed by atoms with Crippen LogP contribution in [0.2, 0.25) is 0 Å². The van der Waals surface area contributed by atoms with Crippen LogP contribution in [0.3, 0.4) is 0 Å².